The molecule has 0 saturated heterocycles. The summed E-state index contributed by atoms with van der Waals surface area (Å²) in [6.45, 7) is 2.00. The summed E-state index contributed by atoms with van der Waals surface area (Å²) < 4.78 is 4.83. The summed E-state index contributed by atoms with van der Waals surface area (Å²) in [5, 5.41) is 22.1. The molecule has 0 spiro atoms. The average molecular weight is 234 g/mol. The van der Waals surface area contributed by atoms with Crippen LogP contribution >= 0.6 is 0 Å². The number of carboxylic acids is 1. The number of aliphatic hydroxyl groups is 1. The zero-order chi connectivity index (χ0) is 12.6. The first kappa shape index (κ1) is 14.7. The lowest BCUT2D eigenvalue weighted by Crippen LogP contribution is -2.45. The summed E-state index contributed by atoms with van der Waals surface area (Å²) in [6.07, 6.45) is -0.925. The number of carbonyl (C=O) groups is 2. The lowest BCUT2D eigenvalue weighted by Gasteiger charge is -2.14. The van der Waals surface area contributed by atoms with Gasteiger partial charge in [-0.1, -0.05) is 0 Å². The van der Waals surface area contributed by atoms with Crippen LogP contribution in [0.2, 0.25) is 0 Å². The van der Waals surface area contributed by atoms with E-state index < -0.39 is 18.1 Å². The molecular formula is C9H18N2O5. The Balaban J connectivity index is 3.69. The molecule has 4 N–H and O–H groups in total. The number of urea groups is 1. The van der Waals surface area contributed by atoms with Gasteiger partial charge in [0.1, 0.15) is 0 Å². The Morgan fingerprint density at radius 1 is 1.44 bits per heavy atom. The van der Waals surface area contributed by atoms with Gasteiger partial charge in [0.15, 0.2) is 6.10 Å². The highest BCUT2D eigenvalue weighted by atomic mass is 16.5. The molecule has 0 radical (unpaired) electrons. The van der Waals surface area contributed by atoms with E-state index in [2.05, 4.69) is 10.6 Å². The largest absolute Gasteiger partial charge is 0.479 e. The van der Waals surface area contributed by atoms with E-state index in [0.29, 0.717) is 13.0 Å². The van der Waals surface area contributed by atoms with Crippen molar-refractivity contribution < 1.29 is 24.5 Å². The third-order valence-corrected chi connectivity index (χ3v) is 1.87. The molecule has 16 heavy (non-hydrogen) atoms. The number of nitrogens with one attached hydrogen (secondary N) is 2. The van der Waals surface area contributed by atoms with Gasteiger partial charge in [0.2, 0.25) is 0 Å². The van der Waals surface area contributed by atoms with Crippen molar-refractivity contribution in [1.29, 1.82) is 0 Å². The highest BCUT2D eigenvalue weighted by molar-refractivity contribution is 5.76. The van der Waals surface area contributed by atoms with Gasteiger partial charge in [-0.05, 0) is 13.3 Å². The number of methoxy groups -OCH3 is 1. The lowest BCUT2D eigenvalue weighted by atomic mass is 10.2. The van der Waals surface area contributed by atoms with Gasteiger partial charge in [-0.25, -0.2) is 9.59 Å². The van der Waals surface area contributed by atoms with Crippen LogP contribution in [0.3, 0.4) is 0 Å². The molecule has 2 unspecified atom stereocenters. The van der Waals surface area contributed by atoms with Crippen LogP contribution in [0.1, 0.15) is 13.3 Å². The number of amides is 2. The molecular weight excluding hydrogens is 216 g/mol. The van der Waals surface area contributed by atoms with Gasteiger partial charge in [0.25, 0.3) is 0 Å². The van der Waals surface area contributed by atoms with Crippen LogP contribution in [0.25, 0.3) is 0 Å². The molecule has 0 rings (SSSR count). The third kappa shape index (κ3) is 7.02. The summed E-state index contributed by atoms with van der Waals surface area (Å²) in [5.74, 6) is -1.37. The van der Waals surface area contributed by atoms with E-state index in [0.717, 1.165) is 0 Å². The minimum atomic E-state index is -1.58. The number of hydrogen-bond donors (Lipinski definition) is 4. The summed E-state index contributed by atoms with van der Waals surface area (Å²) in [5.41, 5.74) is 0. The first-order valence-electron chi connectivity index (χ1n) is 4.91. The van der Waals surface area contributed by atoms with Crippen LogP contribution in [0.15, 0.2) is 0 Å². The summed E-state index contributed by atoms with van der Waals surface area (Å²) in [4.78, 5) is 21.4. The maximum atomic E-state index is 11.2. The Kier molecular flexibility index (Phi) is 7.23. The summed E-state index contributed by atoms with van der Waals surface area (Å²) >= 11 is 0. The van der Waals surface area contributed by atoms with E-state index >= 15 is 0 Å². The fourth-order valence-electron chi connectivity index (χ4n) is 0.918. The van der Waals surface area contributed by atoms with Gasteiger partial charge in [0.05, 0.1) is 6.54 Å². The second-order valence-electron chi connectivity index (χ2n) is 3.39. The van der Waals surface area contributed by atoms with E-state index in [1.807, 2.05) is 0 Å². The Morgan fingerprint density at radius 3 is 2.56 bits per heavy atom. The van der Waals surface area contributed by atoms with Crippen LogP contribution in [-0.4, -0.2) is 54.6 Å². The lowest BCUT2D eigenvalue weighted by molar-refractivity contribution is -0.146. The zero-order valence-corrected chi connectivity index (χ0v) is 9.40. The molecule has 7 heteroatoms. The van der Waals surface area contributed by atoms with Crippen molar-refractivity contribution in [3.63, 3.8) is 0 Å². The number of rotatable bonds is 7. The fourth-order valence-corrected chi connectivity index (χ4v) is 0.918. The zero-order valence-electron chi connectivity index (χ0n) is 9.40. The number of ether oxygens (including phenoxy) is 1. The van der Waals surface area contributed by atoms with E-state index in [9.17, 15) is 9.59 Å². The van der Waals surface area contributed by atoms with Crippen LogP contribution in [0.5, 0.6) is 0 Å². The normalized spacial score (nSPS) is 13.9. The van der Waals surface area contributed by atoms with E-state index in [1.54, 1.807) is 14.0 Å². The van der Waals surface area contributed by atoms with Crippen molar-refractivity contribution in [3.05, 3.63) is 0 Å². The van der Waals surface area contributed by atoms with Gasteiger partial charge >= 0.3 is 12.0 Å². The second-order valence-corrected chi connectivity index (χ2v) is 3.39. The standard InChI is InChI=1S/C9H18N2O5/c1-6(3-4-16-2)11-9(15)10-5-7(12)8(13)14/h6-7,12H,3-5H2,1-2H3,(H,13,14)(H2,10,11,15). The minimum Gasteiger partial charge on any atom is -0.479 e. The average Bonchev–Trinajstić information content (AvgIpc) is 2.22. The van der Waals surface area contributed by atoms with E-state index in [4.69, 9.17) is 14.9 Å². The van der Waals surface area contributed by atoms with E-state index in [1.165, 1.54) is 0 Å². The summed E-state index contributed by atoms with van der Waals surface area (Å²) in [6, 6.07) is -0.592. The van der Waals surface area contributed by atoms with Gasteiger partial charge in [-0.3, -0.25) is 0 Å². The van der Waals surface area contributed by atoms with Crippen molar-refractivity contribution in [2.75, 3.05) is 20.3 Å². The maximum absolute atomic E-state index is 11.2. The molecule has 0 bridgehead atoms. The van der Waals surface area contributed by atoms with Gasteiger partial charge in [-0.2, -0.15) is 0 Å². The molecule has 7 nitrogen and oxygen atoms in total. The van der Waals surface area contributed by atoms with Crippen molar-refractivity contribution in [3.8, 4) is 0 Å². The van der Waals surface area contributed by atoms with Crippen LogP contribution in [-0.2, 0) is 9.53 Å². The molecule has 0 aliphatic carbocycles. The topological polar surface area (TPSA) is 108 Å². The third-order valence-electron chi connectivity index (χ3n) is 1.87. The van der Waals surface area contributed by atoms with Crippen molar-refractivity contribution >= 4 is 12.0 Å². The highest BCUT2D eigenvalue weighted by Crippen LogP contribution is 1.90. The Labute approximate surface area is 93.8 Å². The van der Waals surface area contributed by atoms with Gasteiger partial charge in [-0.15, -0.1) is 0 Å². The number of carbonyl (C=O) groups excluding carboxylic acids is 1. The van der Waals surface area contributed by atoms with Crippen LogP contribution < -0.4 is 10.6 Å². The van der Waals surface area contributed by atoms with Crippen LogP contribution in [0.4, 0.5) is 4.79 Å². The predicted molar refractivity (Wildman–Crippen MR) is 56.1 cm³/mol. The second kappa shape index (κ2) is 7.89. The predicted octanol–water partition coefficient (Wildman–Crippen LogP) is -0.844. The monoisotopic (exact) mass is 234 g/mol. The molecule has 0 aromatic heterocycles. The fraction of sp³-hybridized carbons (Fsp3) is 0.778. The van der Waals surface area contributed by atoms with Gasteiger partial charge in [0, 0.05) is 19.8 Å². The van der Waals surface area contributed by atoms with Crippen molar-refractivity contribution in [2.24, 2.45) is 0 Å². The number of aliphatic hydroxyl groups excluding tert-OH is 1. The molecule has 0 saturated carbocycles. The molecule has 0 aliphatic heterocycles. The van der Waals surface area contributed by atoms with Crippen molar-refractivity contribution in [2.45, 2.75) is 25.5 Å². The first-order chi connectivity index (χ1) is 7.47. The molecule has 0 aromatic carbocycles. The Morgan fingerprint density at radius 2 is 2.06 bits per heavy atom. The quantitative estimate of drug-likeness (QED) is 0.459. The SMILES string of the molecule is COCCC(C)NC(=O)NCC(O)C(=O)O. The van der Waals surface area contributed by atoms with E-state index in [-0.39, 0.29) is 12.6 Å². The first-order valence-corrected chi connectivity index (χ1v) is 4.91. The molecule has 94 valence electrons. The molecule has 2 atom stereocenters. The molecule has 2 amide bonds. The summed E-state index contributed by atoms with van der Waals surface area (Å²) in [7, 11) is 1.57. The molecule has 0 fully saturated rings. The van der Waals surface area contributed by atoms with Crippen LogP contribution in [0, 0.1) is 0 Å². The Bertz CT molecular complexity index is 234. The maximum Gasteiger partial charge on any atom is 0.334 e. The number of aliphatic carboxylic acids is 1. The molecule has 0 aliphatic rings. The smallest absolute Gasteiger partial charge is 0.334 e. The van der Waals surface area contributed by atoms with Crippen molar-refractivity contribution in [1.82, 2.24) is 10.6 Å². The number of hydrogen-bond acceptors (Lipinski definition) is 4. The van der Waals surface area contributed by atoms with Gasteiger partial charge < -0.3 is 25.6 Å². The molecule has 0 aromatic rings. The Hall–Kier alpha value is -1.34. The molecule has 0 heterocycles. The highest BCUT2D eigenvalue weighted by Gasteiger charge is 2.14. The minimum absolute atomic E-state index is 0.0816. The number of carboxylic acid groups (broad SMARTS) is 1.